The van der Waals surface area contributed by atoms with E-state index in [0.717, 1.165) is 16.8 Å². The summed E-state index contributed by atoms with van der Waals surface area (Å²) < 4.78 is 9.33. The van der Waals surface area contributed by atoms with Gasteiger partial charge in [0.25, 0.3) is 5.91 Å². The third kappa shape index (κ3) is 3.31. The molecule has 1 amide bonds. The molecule has 0 saturated carbocycles. The number of amides is 1. The van der Waals surface area contributed by atoms with Crippen LogP contribution in [0.4, 0.5) is 0 Å². The van der Waals surface area contributed by atoms with Gasteiger partial charge in [0.15, 0.2) is 5.82 Å². The molecule has 1 aliphatic rings. The van der Waals surface area contributed by atoms with E-state index in [2.05, 4.69) is 20.5 Å². The molecule has 0 aliphatic carbocycles. The lowest BCUT2D eigenvalue weighted by molar-refractivity contribution is -0.00712. The van der Waals surface area contributed by atoms with Gasteiger partial charge in [0.1, 0.15) is 5.69 Å². The van der Waals surface area contributed by atoms with Gasteiger partial charge in [-0.2, -0.15) is 10.2 Å². The van der Waals surface area contributed by atoms with Crippen molar-refractivity contribution in [2.75, 3.05) is 0 Å². The van der Waals surface area contributed by atoms with Crippen LogP contribution in [0.15, 0.2) is 36.8 Å². The highest BCUT2D eigenvalue weighted by molar-refractivity contribution is 5.94. The predicted octanol–water partition coefficient (Wildman–Crippen LogP) is 2.44. The van der Waals surface area contributed by atoms with E-state index in [0.29, 0.717) is 31.0 Å². The van der Waals surface area contributed by atoms with Gasteiger partial charge >= 0.3 is 0 Å². The number of nitrogens with one attached hydrogen (secondary N) is 1. The molecule has 0 bridgehead atoms. The largest absolute Gasteiger partial charge is 0.369 e. The number of nitrogens with zero attached hydrogens (tertiary/aromatic N) is 5. The molecule has 146 valence electrons. The maximum absolute atomic E-state index is 13.1. The van der Waals surface area contributed by atoms with Crippen molar-refractivity contribution in [2.24, 2.45) is 0 Å². The van der Waals surface area contributed by atoms with Crippen LogP contribution in [0.3, 0.4) is 0 Å². The van der Waals surface area contributed by atoms with Crippen molar-refractivity contribution >= 4 is 5.91 Å². The SMILES string of the molecule is CCn1nc2c(c1C(=O)NCc1cccnc1-n1cccn1)C[C@H](C)O[C@@H]2C. The Morgan fingerprint density at radius 2 is 2.18 bits per heavy atom. The van der Waals surface area contributed by atoms with E-state index in [1.165, 1.54) is 0 Å². The standard InChI is InChI=1S/C20H24N6O2/c1-4-25-18(16-11-13(2)28-14(3)17(16)24-25)20(27)22-12-15-7-5-8-21-19(15)26-10-6-9-23-26/h5-10,13-14H,4,11-12H2,1-3H3,(H,22,27)/t13-,14+/m0/s1. The summed E-state index contributed by atoms with van der Waals surface area (Å²) in [5.41, 5.74) is 3.37. The zero-order valence-electron chi connectivity index (χ0n) is 16.3. The molecule has 4 heterocycles. The molecule has 0 radical (unpaired) electrons. The Balaban J connectivity index is 1.59. The summed E-state index contributed by atoms with van der Waals surface area (Å²) in [6.07, 6.45) is 5.89. The molecule has 3 aromatic rings. The minimum atomic E-state index is -0.132. The van der Waals surface area contributed by atoms with Crippen molar-refractivity contribution in [1.29, 1.82) is 0 Å². The number of carbonyl (C=O) groups is 1. The van der Waals surface area contributed by atoms with Crippen molar-refractivity contribution in [3.8, 4) is 5.82 Å². The molecule has 4 rings (SSSR count). The van der Waals surface area contributed by atoms with E-state index in [9.17, 15) is 4.79 Å². The fourth-order valence-electron chi connectivity index (χ4n) is 3.70. The molecule has 0 fully saturated rings. The molecule has 1 N–H and O–H groups in total. The molecular weight excluding hydrogens is 356 g/mol. The average Bonchev–Trinajstić information content (AvgIpc) is 3.34. The Labute approximate surface area is 163 Å². The van der Waals surface area contributed by atoms with E-state index >= 15 is 0 Å². The van der Waals surface area contributed by atoms with Gasteiger partial charge < -0.3 is 10.1 Å². The summed E-state index contributed by atoms with van der Waals surface area (Å²) >= 11 is 0. The van der Waals surface area contributed by atoms with Crippen LogP contribution >= 0.6 is 0 Å². The molecular formula is C20H24N6O2. The topological polar surface area (TPSA) is 86.9 Å². The summed E-state index contributed by atoms with van der Waals surface area (Å²) in [4.78, 5) is 17.5. The summed E-state index contributed by atoms with van der Waals surface area (Å²) in [6.45, 7) is 6.97. The summed E-state index contributed by atoms with van der Waals surface area (Å²) in [7, 11) is 0. The van der Waals surface area contributed by atoms with Gasteiger partial charge in [0.05, 0.1) is 17.9 Å². The molecule has 0 unspecified atom stereocenters. The second-order valence-corrected chi connectivity index (χ2v) is 6.94. The number of rotatable bonds is 5. The third-order valence-electron chi connectivity index (χ3n) is 4.94. The van der Waals surface area contributed by atoms with Gasteiger partial charge in [-0.3, -0.25) is 9.48 Å². The van der Waals surface area contributed by atoms with Gasteiger partial charge in [0.2, 0.25) is 0 Å². The highest BCUT2D eigenvalue weighted by Gasteiger charge is 2.31. The Bertz CT molecular complexity index is 979. The smallest absolute Gasteiger partial charge is 0.270 e. The zero-order chi connectivity index (χ0) is 19.7. The predicted molar refractivity (Wildman–Crippen MR) is 103 cm³/mol. The van der Waals surface area contributed by atoms with Gasteiger partial charge in [-0.15, -0.1) is 0 Å². The maximum atomic E-state index is 13.1. The van der Waals surface area contributed by atoms with Gasteiger partial charge in [-0.1, -0.05) is 6.07 Å². The Morgan fingerprint density at radius 3 is 2.93 bits per heavy atom. The third-order valence-corrected chi connectivity index (χ3v) is 4.94. The molecule has 1 aliphatic heterocycles. The highest BCUT2D eigenvalue weighted by atomic mass is 16.5. The fourth-order valence-corrected chi connectivity index (χ4v) is 3.70. The van der Waals surface area contributed by atoms with Crippen LogP contribution in [0.5, 0.6) is 0 Å². The molecule has 28 heavy (non-hydrogen) atoms. The Kier molecular flexibility index (Phi) is 4.95. The lowest BCUT2D eigenvalue weighted by atomic mass is 9.99. The number of hydrogen-bond donors (Lipinski definition) is 1. The van der Waals surface area contributed by atoms with Crippen molar-refractivity contribution in [3.63, 3.8) is 0 Å². The Morgan fingerprint density at radius 1 is 1.32 bits per heavy atom. The lowest BCUT2D eigenvalue weighted by Gasteiger charge is -2.24. The molecule has 3 aromatic heterocycles. The van der Waals surface area contributed by atoms with Gasteiger partial charge in [0, 0.05) is 49.2 Å². The first-order valence-corrected chi connectivity index (χ1v) is 9.55. The minimum absolute atomic E-state index is 0.0632. The van der Waals surface area contributed by atoms with Crippen LogP contribution in [-0.4, -0.2) is 36.6 Å². The number of carbonyl (C=O) groups excluding carboxylic acids is 1. The molecule has 0 aromatic carbocycles. The van der Waals surface area contributed by atoms with Crippen LogP contribution in [0, 0.1) is 0 Å². The van der Waals surface area contributed by atoms with E-state index in [-0.39, 0.29) is 18.1 Å². The average molecular weight is 380 g/mol. The number of hydrogen-bond acceptors (Lipinski definition) is 5. The van der Waals surface area contributed by atoms with Crippen molar-refractivity contribution in [2.45, 2.75) is 52.5 Å². The first-order valence-electron chi connectivity index (χ1n) is 9.55. The Hall–Kier alpha value is -3.00. The zero-order valence-corrected chi connectivity index (χ0v) is 16.3. The molecule has 8 nitrogen and oxygen atoms in total. The van der Waals surface area contributed by atoms with E-state index in [1.807, 2.05) is 45.2 Å². The number of aromatic nitrogens is 5. The fraction of sp³-hybridized carbons (Fsp3) is 0.400. The van der Waals surface area contributed by atoms with Crippen LogP contribution in [0.2, 0.25) is 0 Å². The normalized spacial score (nSPS) is 18.7. The van der Waals surface area contributed by atoms with Gasteiger partial charge in [-0.25, -0.2) is 9.67 Å². The van der Waals surface area contributed by atoms with Crippen molar-refractivity contribution in [1.82, 2.24) is 29.9 Å². The van der Waals surface area contributed by atoms with Crippen LogP contribution in [-0.2, 0) is 24.2 Å². The first-order chi connectivity index (χ1) is 13.6. The summed E-state index contributed by atoms with van der Waals surface area (Å²) in [5, 5.41) is 11.9. The van der Waals surface area contributed by atoms with Crippen LogP contribution < -0.4 is 5.32 Å². The monoisotopic (exact) mass is 380 g/mol. The molecule has 0 saturated heterocycles. The van der Waals surface area contributed by atoms with E-state index < -0.39 is 0 Å². The number of ether oxygens (including phenoxy) is 1. The lowest BCUT2D eigenvalue weighted by Crippen LogP contribution is -2.29. The second-order valence-electron chi connectivity index (χ2n) is 6.94. The number of fused-ring (bicyclic) bond motifs is 1. The second kappa shape index (κ2) is 7.55. The summed E-state index contributed by atoms with van der Waals surface area (Å²) in [6, 6.07) is 5.63. The quantitative estimate of drug-likeness (QED) is 0.735. The molecule has 8 heteroatoms. The minimum Gasteiger partial charge on any atom is -0.369 e. The molecule has 2 atom stereocenters. The van der Waals surface area contributed by atoms with E-state index in [1.54, 1.807) is 21.8 Å². The molecule has 0 spiro atoms. The maximum Gasteiger partial charge on any atom is 0.270 e. The summed E-state index contributed by atoms with van der Waals surface area (Å²) in [5.74, 6) is 0.571. The van der Waals surface area contributed by atoms with Gasteiger partial charge in [-0.05, 0) is 32.9 Å². The van der Waals surface area contributed by atoms with Crippen LogP contribution in [0.25, 0.3) is 5.82 Å². The number of pyridine rings is 1. The first kappa shape index (κ1) is 18.4. The van der Waals surface area contributed by atoms with Crippen LogP contribution in [0.1, 0.15) is 54.2 Å². The van der Waals surface area contributed by atoms with Crippen molar-refractivity contribution in [3.05, 3.63) is 59.3 Å². The highest BCUT2D eigenvalue weighted by Crippen LogP contribution is 2.31. The number of aryl methyl sites for hydroxylation is 1. The van der Waals surface area contributed by atoms with E-state index in [4.69, 9.17) is 4.74 Å². The van der Waals surface area contributed by atoms with Crippen molar-refractivity contribution < 1.29 is 9.53 Å².